The Balaban J connectivity index is 1.96. The standard InChI is InChI=1S/C22H13BrClN3O5/c23-14-6-9-17(25-11-14)26-19(13-2-1-3-16(10-13)27(31)32)18(21(29)22(26)30)20(28)12-4-7-15(24)8-5-12/h1-11,19,28H/b20-18+/t19-/m1/s1. The lowest BCUT2D eigenvalue weighted by atomic mass is 9.95. The van der Waals surface area contributed by atoms with Gasteiger partial charge in [0, 0.05) is 33.4 Å². The summed E-state index contributed by atoms with van der Waals surface area (Å²) in [4.78, 5) is 42.1. The number of carbonyl (C=O) groups is 2. The minimum atomic E-state index is -1.13. The number of nitro groups is 1. The van der Waals surface area contributed by atoms with Crippen LogP contribution in [-0.2, 0) is 9.59 Å². The van der Waals surface area contributed by atoms with Crippen LogP contribution in [-0.4, -0.2) is 26.7 Å². The number of benzene rings is 2. The first-order valence-corrected chi connectivity index (χ1v) is 10.4. The molecule has 0 radical (unpaired) electrons. The van der Waals surface area contributed by atoms with E-state index in [1.54, 1.807) is 12.1 Å². The van der Waals surface area contributed by atoms with Crippen LogP contribution >= 0.6 is 27.5 Å². The lowest BCUT2D eigenvalue weighted by Gasteiger charge is -2.24. The minimum Gasteiger partial charge on any atom is -0.507 e. The lowest BCUT2D eigenvalue weighted by Crippen LogP contribution is -2.30. The van der Waals surface area contributed by atoms with Crippen LogP contribution in [0.4, 0.5) is 11.5 Å². The Morgan fingerprint density at radius 2 is 1.84 bits per heavy atom. The summed E-state index contributed by atoms with van der Waals surface area (Å²) in [5.41, 5.74) is 0.121. The molecule has 2 aromatic carbocycles. The van der Waals surface area contributed by atoms with Crippen molar-refractivity contribution in [2.75, 3.05) is 4.90 Å². The summed E-state index contributed by atoms with van der Waals surface area (Å²) < 4.78 is 0.658. The van der Waals surface area contributed by atoms with Gasteiger partial charge < -0.3 is 5.11 Å². The van der Waals surface area contributed by atoms with E-state index in [2.05, 4.69) is 20.9 Å². The molecule has 1 fully saturated rings. The first-order chi connectivity index (χ1) is 15.3. The van der Waals surface area contributed by atoms with Gasteiger partial charge in [-0.3, -0.25) is 24.6 Å². The SMILES string of the molecule is O=C1C(=O)N(c2ccc(Br)cn2)[C@H](c2cccc([N+](=O)[O-])c2)/C1=C(\O)c1ccc(Cl)cc1. The summed E-state index contributed by atoms with van der Waals surface area (Å²) in [5.74, 6) is -2.11. The molecule has 10 heteroatoms. The van der Waals surface area contributed by atoms with Crippen molar-refractivity contribution >= 4 is 56.5 Å². The number of rotatable bonds is 4. The summed E-state index contributed by atoms with van der Waals surface area (Å²) in [6.45, 7) is 0. The van der Waals surface area contributed by atoms with Crippen molar-refractivity contribution in [2.24, 2.45) is 0 Å². The van der Waals surface area contributed by atoms with E-state index in [1.807, 2.05) is 0 Å². The monoisotopic (exact) mass is 513 g/mol. The zero-order chi connectivity index (χ0) is 23.0. The van der Waals surface area contributed by atoms with Crippen LogP contribution in [0.25, 0.3) is 5.76 Å². The predicted molar refractivity (Wildman–Crippen MR) is 121 cm³/mol. The molecular weight excluding hydrogens is 502 g/mol. The van der Waals surface area contributed by atoms with Crippen LogP contribution in [0.3, 0.4) is 0 Å². The van der Waals surface area contributed by atoms with E-state index in [1.165, 1.54) is 54.7 Å². The third-order valence-electron chi connectivity index (χ3n) is 4.92. The van der Waals surface area contributed by atoms with Crippen LogP contribution in [0, 0.1) is 10.1 Å². The maximum atomic E-state index is 13.0. The fourth-order valence-corrected chi connectivity index (χ4v) is 3.83. The summed E-state index contributed by atoms with van der Waals surface area (Å²) >= 11 is 9.18. The van der Waals surface area contributed by atoms with Crippen molar-refractivity contribution in [2.45, 2.75) is 6.04 Å². The van der Waals surface area contributed by atoms with Gasteiger partial charge in [0.05, 0.1) is 16.5 Å². The molecule has 1 aliphatic heterocycles. The number of ketones is 1. The number of Topliss-reactive ketones (excluding diaryl/α,β-unsaturated/α-hetero) is 1. The van der Waals surface area contributed by atoms with Gasteiger partial charge in [-0.15, -0.1) is 0 Å². The van der Waals surface area contributed by atoms with Gasteiger partial charge in [0.2, 0.25) is 0 Å². The summed E-state index contributed by atoms with van der Waals surface area (Å²) in [5, 5.41) is 22.7. The molecule has 0 aliphatic carbocycles. The smallest absolute Gasteiger partial charge is 0.301 e. The molecular formula is C22H13BrClN3O5. The van der Waals surface area contributed by atoms with Crippen LogP contribution in [0.1, 0.15) is 17.2 Å². The third-order valence-corrected chi connectivity index (χ3v) is 5.64. The van der Waals surface area contributed by atoms with Crippen molar-refractivity contribution < 1.29 is 19.6 Å². The highest BCUT2D eigenvalue weighted by molar-refractivity contribution is 9.10. The number of non-ortho nitro benzene ring substituents is 1. The van der Waals surface area contributed by atoms with Crippen molar-refractivity contribution in [3.8, 4) is 0 Å². The van der Waals surface area contributed by atoms with E-state index in [0.717, 1.165) is 4.90 Å². The number of pyridine rings is 1. The Morgan fingerprint density at radius 1 is 1.12 bits per heavy atom. The van der Waals surface area contributed by atoms with Crippen molar-refractivity contribution in [3.63, 3.8) is 0 Å². The second-order valence-corrected chi connectivity index (χ2v) is 8.21. The van der Waals surface area contributed by atoms with Crippen molar-refractivity contribution in [1.29, 1.82) is 0 Å². The molecule has 3 aromatic rings. The Labute approximate surface area is 195 Å². The van der Waals surface area contributed by atoms with E-state index in [0.29, 0.717) is 9.50 Å². The number of aliphatic hydroxyl groups is 1. The number of hydrogen-bond donors (Lipinski definition) is 1. The van der Waals surface area contributed by atoms with Crippen LogP contribution < -0.4 is 4.90 Å². The van der Waals surface area contributed by atoms with Gasteiger partial charge in [0.1, 0.15) is 11.6 Å². The van der Waals surface area contributed by atoms with E-state index in [4.69, 9.17) is 11.6 Å². The number of halogens is 2. The summed E-state index contributed by atoms with van der Waals surface area (Å²) in [6.07, 6.45) is 1.46. The number of aliphatic hydroxyl groups excluding tert-OH is 1. The topological polar surface area (TPSA) is 114 Å². The van der Waals surface area contributed by atoms with Crippen LogP contribution in [0.2, 0.25) is 5.02 Å². The van der Waals surface area contributed by atoms with Gasteiger partial charge in [-0.25, -0.2) is 4.98 Å². The first kappa shape index (κ1) is 21.7. The van der Waals surface area contributed by atoms with Crippen molar-refractivity contribution in [1.82, 2.24) is 4.98 Å². The molecule has 4 rings (SSSR count). The Kier molecular flexibility index (Phi) is 5.77. The molecule has 1 amide bonds. The number of nitro benzene ring substituents is 1. The number of aromatic nitrogens is 1. The van der Waals surface area contributed by atoms with E-state index in [-0.39, 0.29) is 28.2 Å². The van der Waals surface area contributed by atoms with Gasteiger partial charge in [0.15, 0.2) is 0 Å². The molecule has 8 nitrogen and oxygen atoms in total. The highest BCUT2D eigenvalue weighted by Gasteiger charge is 2.47. The highest BCUT2D eigenvalue weighted by Crippen LogP contribution is 2.42. The van der Waals surface area contributed by atoms with Gasteiger partial charge in [0.25, 0.3) is 11.5 Å². The molecule has 1 aromatic heterocycles. The first-order valence-electron chi connectivity index (χ1n) is 9.21. The van der Waals surface area contributed by atoms with Gasteiger partial charge in [-0.1, -0.05) is 23.7 Å². The molecule has 0 spiro atoms. The molecule has 2 heterocycles. The largest absolute Gasteiger partial charge is 0.507 e. The maximum Gasteiger partial charge on any atom is 0.301 e. The molecule has 0 unspecified atom stereocenters. The number of amides is 1. The van der Waals surface area contributed by atoms with Crippen LogP contribution in [0.5, 0.6) is 0 Å². The zero-order valence-corrected chi connectivity index (χ0v) is 18.4. The summed E-state index contributed by atoms with van der Waals surface area (Å²) in [7, 11) is 0. The van der Waals surface area contributed by atoms with Crippen LogP contribution in [0.15, 0.2) is 76.9 Å². The molecule has 160 valence electrons. The fourth-order valence-electron chi connectivity index (χ4n) is 3.47. The van der Waals surface area contributed by atoms with E-state index >= 15 is 0 Å². The molecule has 1 aliphatic rings. The maximum absolute atomic E-state index is 13.0. The number of carbonyl (C=O) groups excluding carboxylic acids is 2. The lowest BCUT2D eigenvalue weighted by molar-refractivity contribution is -0.384. The second-order valence-electron chi connectivity index (χ2n) is 6.86. The normalized spacial score (nSPS) is 17.6. The van der Waals surface area contributed by atoms with Gasteiger partial charge in [-0.05, 0) is 57.9 Å². The average Bonchev–Trinajstić information content (AvgIpc) is 3.05. The van der Waals surface area contributed by atoms with E-state index in [9.17, 15) is 24.8 Å². The Hall–Kier alpha value is -3.56. The molecule has 0 saturated carbocycles. The number of nitrogens with zero attached hydrogens (tertiary/aromatic N) is 3. The van der Waals surface area contributed by atoms with Gasteiger partial charge in [-0.2, -0.15) is 0 Å². The zero-order valence-electron chi connectivity index (χ0n) is 16.1. The minimum absolute atomic E-state index is 0.155. The third kappa shape index (κ3) is 3.88. The Morgan fingerprint density at radius 3 is 2.47 bits per heavy atom. The molecule has 32 heavy (non-hydrogen) atoms. The Bertz CT molecular complexity index is 1280. The summed E-state index contributed by atoms with van der Waals surface area (Å²) in [6, 6.07) is 13.7. The molecule has 1 saturated heterocycles. The fraction of sp³-hybridized carbons (Fsp3) is 0.0455. The second kappa shape index (κ2) is 8.52. The van der Waals surface area contributed by atoms with Crippen molar-refractivity contribution in [3.05, 3.63) is 103 Å². The number of anilines is 1. The molecule has 0 bridgehead atoms. The van der Waals surface area contributed by atoms with Gasteiger partial charge >= 0.3 is 5.91 Å². The van der Waals surface area contributed by atoms with E-state index < -0.39 is 28.4 Å². The predicted octanol–water partition coefficient (Wildman–Crippen LogP) is 5.03. The number of hydrogen-bond acceptors (Lipinski definition) is 6. The highest BCUT2D eigenvalue weighted by atomic mass is 79.9. The average molecular weight is 515 g/mol. The quantitative estimate of drug-likeness (QED) is 0.172. The molecule has 1 N–H and O–H groups in total. The molecule has 1 atom stereocenters.